The molecule has 2 saturated heterocycles. The van der Waals surface area contributed by atoms with Crippen molar-refractivity contribution in [3.8, 4) is 5.75 Å². The quantitative estimate of drug-likeness (QED) is 0.0741. The molecule has 408 valence electrons. The van der Waals surface area contributed by atoms with Crippen molar-refractivity contribution in [3.05, 3.63) is 129 Å². The van der Waals surface area contributed by atoms with Gasteiger partial charge in [-0.3, -0.25) is 29.0 Å². The van der Waals surface area contributed by atoms with E-state index in [9.17, 15) is 34.5 Å². The maximum absolute atomic E-state index is 15.3. The lowest BCUT2D eigenvalue weighted by Crippen LogP contribution is -2.81. The van der Waals surface area contributed by atoms with Crippen LogP contribution in [0.5, 0.6) is 5.75 Å². The molecule has 3 fully saturated rings. The third-order valence-electron chi connectivity index (χ3n) is 18.5. The largest absolute Gasteiger partial charge is 0.504 e. The number of fused-ring (bicyclic) bond motifs is 7. The van der Waals surface area contributed by atoms with E-state index in [0.29, 0.717) is 88.1 Å². The Kier molecular flexibility index (Phi) is 13.8. The van der Waals surface area contributed by atoms with E-state index >= 15 is 4.79 Å². The van der Waals surface area contributed by atoms with Gasteiger partial charge in [-0.15, -0.1) is 0 Å². The van der Waals surface area contributed by atoms with Gasteiger partial charge in [-0.25, -0.2) is 4.79 Å². The van der Waals surface area contributed by atoms with Gasteiger partial charge in [-0.2, -0.15) is 0 Å². The first-order valence-corrected chi connectivity index (χ1v) is 27.0. The molecule has 1 spiro atoms. The Labute approximate surface area is 449 Å². The lowest BCUT2D eigenvalue weighted by molar-refractivity contribution is -0.228. The van der Waals surface area contributed by atoms with Gasteiger partial charge in [0.1, 0.15) is 11.2 Å². The molecular weight excluding hydrogens is 981 g/mol. The van der Waals surface area contributed by atoms with Crippen LogP contribution in [0.15, 0.2) is 95.8 Å². The zero-order chi connectivity index (χ0) is 55.1. The van der Waals surface area contributed by atoms with Crippen molar-refractivity contribution in [1.29, 1.82) is 0 Å². The summed E-state index contributed by atoms with van der Waals surface area (Å²) in [4.78, 5) is 77.3. The lowest BCUT2D eigenvalue weighted by atomic mass is 9.47. The summed E-state index contributed by atoms with van der Waals surface area (Å²) in [6.07, 6.45) is 8.05. The van der Waals surface area contributed by atoms with E-state index in [-0.39, 0.29) is 35.3 Å². The van der Waals surface area contributed by atoms with E-state index in [1.54, 1.807) is 31.4 Å². The Morgan fingerprint density at radius 2 is 1.56 bits per heavy atom. The van der Waals surface area contributed by atoms with Crippen LogP contribution in [0.25, 0.3) is 10.9 Å². The minimum absolute atomic E-state index is 0.0986. The minimum Gasteiger partial charge on any atom is -0.504 e. The van der Waals surface area contributed by atoms with Crippen molar-refractivity contribution in [2.75, 3.05) is 66.0 Å². The summed E-state index contributed by atoms with van der Waals surface area (Å²) in [6.45, 7) is 12.4. The number of ketones is 2. The fraction of sp³-hybridized carbons (Fsp3) is 0.492. The minimum atomic E-state index is -2.30. The molecule has 2 bridgehead atoms. The number of nitrogens with zero attached hydrogens (tertiary/aromatic N) is 3. The van der Waals surface area contributed by atoms with Gasteiger partial charge in [0.15, 0.2) is 17.6 Å². The molecule has 1 saturated carbocycles. The molecular formula is C61H72N4O12. The number of aliphatic hydroxyl groups is 3. The number of likely N-dealkylation sites (N-methyl/N-ethyl adjacent to an activating group) is 1. The summed E-state index contributed by atoms with van der Waals surface area (Å²) in [6, 6.07) is 17.5. The average Bonchev–Trinajstić information content (AvgIpc) is 4.27. The Balaban J connectivity index is 0.000000316. The number of benzene rings is 3. The van der Waals surface area contributed by atoms with Gasteiger partial charge in [-0.05, 0) is 94.5 Å². The number of carbonyl (C=O) groups is 5. The molecule has 16 heteroatoms. The normalized spacial score (nSPS) is 31.7. The maximum atomic E-state index is 15.3. The summed E-state index contributed by atoms with van der Waals surface area (Å²) >= 11 is 0. The molecule has 5 aliphatic heterocycles. The van der Waals surface area contributed by atoms with Gasteiger partial charge < -0.3 is 44.2 Å². The number of rotatable bonds is 9. The Bertz CT molecular complexity index is 3190. The fourth-order valence-electron chi connectivity index (χ4n) is 15.4. The van der Waals surface area contributed by atoms with Crippen LogP contribution < -0.4 is 9.64 Å². The third kappa shape index (κ3) is 7.93. The van der Waals surface area contributed by atoms with Gasteiger partial charge in [0.25, 0.3) is 0 Å². The number of hydrogen-bond donors (Lipinski definition) is 4. The first kappa shape index (κ1) is 53.8. The number of carbonyl (C=O) groups excluding carboxylic acids is 5. The highest BCUT2D eigenvalue weighted by Gasteiger charge is 2.80. The van der Waals surface area contributed by atoms with Crippen LogP contribution in [0.2, 0.25) is 0 Å². The van der Waals surface area contributed by atoms with Gasteiger partial charge in [0.2, 0.25) is 11.4 Å². The third-order valence-corrected chi connectivity index (χ3v) is 18.5. The number of para-hydroxylation sites is 1. The number of aromatic nitrogens is 1. The second-order valence-electron chi connectivity index (χ2n) is 22.7. The van der Waals surface area contributed by atoms with Crippen LogP contribution in [-0.4, -0.2) is 150 Å². The predicted octanol–water partition coefficient (Wildman–Crippen LogP) is 7.22. The van der Waals surface area contributed by atoms with E-state index in [4.69, 9.17) is 18.9 Å². The first-order valence-electron chi connectivity index (χ1n) is 27.0. The SMILES string of the molecule is CC(C)=CCC1=C(O)C(=O)c2ccccc2C1=O.CC[C@@]1(O)C[C@H]2C[N@](CCc3c([nH]c4ccccc34)[C@@](C(=O)OC)(c3cc4c(cc3OC)N(C)[C@H]3[C@@](O)(C(=O)OC)[C@H](OC(C)=O)[C@]5(CC)C=CCN6CC[C@]43[C@@H]65)C2)C1. The van der Waals surface area contributed by atoms with Crippen LogP contribution in [0.3, 0.4) is 0 Å². The van der Waals surface area contributed by atoms with Crippen LogP contribution in [0.4, 0.5) is 5.69 Å². The smallest absolute Gasteiger partial charge is 0.344 e. The molecule has 77 heavy (non-hydrogen) atoms. The lowest BCUT2D eigenvalue weighted by Gasteiger charge is -2.63. The number of esters is 3. The number of Topliss-reactive ketones (excluding diaryl/α,β-unsaturated/α-hetero) is 2. The molecule has 3 aromatic carbocycles. The van der Waals surface area contributed by atoms with E-state index in [0.717, 1.165) is 39.0 Å². The van der Waals surface area contributed by atoms with Crippen molar-refractivity contribution in [3.63, 3.8) is 0 Å². The molecule has 1 aromatic heterocycles. The summed E-state index contributed by atoms with van der Waals surface area (Å²) in [5.41, 5.74) is 0.244. The molecule has 4 aromatic rings. The van der Waals surface area contributed by atoms with Crippen molar-refractivity contribution in [1.82, 2.24) is 14.8 Å². The Hall–Kier alpha value is -6.59. The van der Waals surface area contributed by atoms with Gasteiger partial charge in [0.05, 0.1) is 33.0 Å². The Morgan fingerprint density at radius 3 is 2.22 bits per heavy atom. The first-order chi connectivity index (χ1) is 36.7. The van der Waals surface area contributed by atoms with E-state index < -0.39 is 69.0 Å². The number of aromatic amines is 1. The molecule has 11 rings (SSSR count). The van der Waals surface area contributed by atoms with Gasteiger partial charge in [-0.1, -0.05) is 80.1 Å². The molecule has 10 atom stereocenters. The van der Waals surface area contributed by atoms with Crippen LogP contribution in [0, 0.1) is 11.3 Å². The number of anilines is 1. The van der Waals surface area contributed by atoms with E-state index in [1.807, 2.05) is 70.0 Å². The van der Waals surface area contributed by atoms with Gasteiger partial charge in [0, 0.05) is 108 Å². The Morgan fingerprint density at radius 1 is 0.857 bits per heavy atom. The summed E-state index contributed by atoms with van der Waals surface area (Å²) in [5, 5.41) is 36.2. The standard InChI is InChI=1S/C46H58N4O9.C15H14O3/c1-8-42(54)23-28-24-45(40(52)57-6,36-30(15-19-49(25-28)26-42)29-13-10-11-14-33(29)47-36)32-21-31-34(22-35(32)56-5)48(4)38-44(31)17-20-50-18-12-16-43(9-2,37(44)50)39(59-27(3)51)46(38,55)41(53)58-7;1-9(2)7-8-12-13(16)10-5-3-4-6-11(10)14(17)15(12)18/h10-14,16,21-22,28,37-39,47,54-55H,8-9,15,17-20,23-26H2,1-7H3;3-7,18H,8H2,1-2H3/t28-,37+,38-,39-,42-,43-,44-,45+,46+;/m1./s1. The molecule has 7 aliphatic rings. The van der Waals surface area contributed by atoms with Crippen molar-refractivity contribution in [2.24, 2.45) is 11.3 Å². The summed E-state index contributed by atoms with van der Waals surface area (Å²) in [5.74, 6) is -2.72. The summed E-state index contributed by atoms with van der Waals surface area (Å²) < 4.78 is 23.9. The maximum Gasteiger partial charge on any atom is 0.344 e. The number of aliphatic hydroxyl groups excluding tert-OH is 1. The number of ether oxygens (including phenoxy) is 4. The monoisotopic (exact) mass is 1050 g/mol. The van der Waals surface area contributed by atoms with E-state index in [2.05, 4.69) is 39.1 Å². The molecule has 6 heterocycles. The highest BCUT2D eigenvalue weighted by atomic mass is 16.6. The number of piperidine rings is 1. The van der Waals surface area contributed by atoms with Crippen LogP contribution in [0.1, 0.15) is 116 Å². The molecule has 0 amide bonds. The fourth-order valence-corrected chi connectivity index (χ4v) is 15.4. The van der Waals surface area contributed by atoms with Crippen molar-refractivity contribution < 1.29 is 58.2 Å². The molecule has 0 unspecified atom stereocenters. The highest BCUT2D eigenvalue weighted by Crippen LogP contribution is 2.68. The molecule has 0 radical (unpaired) electrons. The van der Waals surface area contributed by atoms with Crippen LogP contribution >= 0.6 is 0 Å². The zero-order valence-corrected chi connectivity index (χ0v) is 45.7. The number of allylic oxidation sites excluding steroid dienone is 4. The molecule has 4 N–H and O–H groups in total. The molecule has 2 aliphatic carbocycles. The second-order valence-corrected chi connectivity index (χ2v) is 22.7. The van der Waals surface area contributed by atoms with E-state index in [1.165, 1.54) is 21.1 Å². The van der Waals surface area contributed by atoms with Crippen LogP contribution in [-0.2, 0) is 45.8 Å². The molecule has 16 nitrogen and oxygen atoms in total. The number of nitrogens with one attached hydrogen (secondary N) is 1. The number of hydrogen-bond acceptors (Lipinski definition) is 15. The average molecular weight is 1050 g/mol. The second kappa shape index (κ2) is 19.7. The number of methoxy groups -OCH3 is 3. The summed E-state index contributed by atoms with van der Waals surface area (Å²) in [7, 11) is 6.15. The topological polar surface area (TPSA) is 208 Å². The zero-order valence-electron chi connectivity index (χ0n) is 45.7. The van der Waals surface area contributed by atoms with Crippen molar-refractivity contribution in [2.45, 2.75) is 120 Å². The predicted molar refractivity (Wildman–Crippen MR) is 289 cm³/mol. The highest BCUT2D eigenvalue weighted by molar-refractivity contribution is 6.26. The van der Waals surface area contributed by atoms with Gasteiger partial charge >= 0.3 is 17.9 Å². The number of H-pyrrole nitrogens is 1. The van der Waals surface area contributed by atoms with Crippen molar-refractivity contribution >= 4 is 46.1 Å².